The van der Waals surface area contributed by atoms with Crippen LogP contribution in [0.4, 0.5) is 0 Å². The van der Waals surface area contributed by atoms with E-state index in [-0.39, 0.29) is 21.4 Å². The molecule has 2 atom stereocenters. The van der Waals surface area contributed by atoms with Gasteiger partial charge in [0.1, 0.15) is 0 Å². The van der Waals surface area contributed by atoms with Crippen molar-refractivity contribution < 1.29 is 9.59 Å². The molecule has 2 rings (SSSR count). The predicted octanol–water partition coefficient (Wildman–Crippen LogP) is 1.81. The Labute approximate surface area is 79.2 Å². The van der Waals surface area contributed by atoms with E-state index in [0.29, 0.717) is 0 Å². The zero-order chi connectivity index (χ0) is 8.88. The van der Waals surface area contributed by atoms with Gasteiger partial charge >= 0.3 is 0 Å². The number of hydrogen-bond acceptors (Lipinski definition) is 4. The third-order valence-corrected chi connectivity index (χ3v) is 5.13. The Hall–Kier alpha value is -0.220. The Morgan fingerprint density at radius 2 is 2.00 bits per heavy atom. The number of fused-ring (bicyclic) bond motifs is 1. The quantitative estimate of drug-likeness (QED) is 0.597. The van der Waals surface area contributed by atoms with Gasteiger partial charge in [0.15, 0.2) is 5.12 Å². The third-order valence-electron chi connectivity index (χ3n) is 2.20. The van der Waals surface area contributed by atoms with Crippen molar-refractivity contribution in [2.45, 2.75) is 19.1 Å². The van der Waals surface area contributed by atoms with Gasteiger partial charge in [0.05, 0.1) is 5.25 Å². The Bertz CT molecular complexity index is 306. The first-order valence-corrected chi connectivity index (χ1v) is 5.44. The molecule has 0 amide bonds. The molecule has 1 fully saturated rings. The third kappa shape index (κ3) is 0.977. The molecule has 4 heteroatoms. The van der Waals surface area contributed by atoms with Crippen molar-refractivity contribution in [1.29, 1.82) is 0 Å². The van der Waals surface area contributed by atoms with E-state index >= 15 is 0 Å². The van der Waals surface area contributed by atoms with Crippen molar-refractivity contribution in [2.24, 2.45) is 5.92 Å². The highest BCUT2D eigenvalue weighted by Gasteiger charge is 2.44. The normalized spacial score (nSPS) is 34.8. The molecule has 2 aliphatic heterocycles. The summed E-state index contributed by atoms with van der Waals surface area (Å²) in [5.74, 6) is 0.0106. The first-order valence-electron chi connectivity index (χ1n) is 3.74. The summed E-state index contributed by atoms with van der Waals surface area (Å²) < 4.78 is 0. The van der Waals surface area contributed by atoms with Gasteiger partial charge in [0.2, 0.25) is 5.12 Å². The molecule has 64 valence electrons. The molecule has 0 unspecified atom stereocenters. The smallest absolute Gasteiger partial charge is 0.216 e. The summed E-state index contributed by atoms with van der Waals surface area (Å²) in [6.07, 6.45) is 0. The number of hydrogen-bond donors (Lipinski definition) is 0. The van der Waals surface area contributed by atoms with Crippen LogP contribution in [0.1, 0.15) is 13.8 Å². The predicted molar refractivity (Wildman–Crippen MR) is 50.8 cm³/mol. The molecule has 2 heterocycles. The monoisotopic (exact) mass is 200 g/mol. The molecule has 0 aliphatic carbocycles. The number of thioether (sulfide) groups is 2. The number of carbonyl (C=O) groups is 2. The largest absolute Gasteiger partial charge is 0.286 e. The molecule has 0 spiro atoms. The SMILES string of the molecule is CC1=C2SC(=O)[C@@H](C)[C@@H]2SC1=O. The van der Waals surface area contributed by atoms with E-state index in [2.05, 4.69) is 0 Å². The van der Waals surface area contributed by atoms with Crippen molar-refractivity contribution in [3.63, 3.8) is 0 Å². The second kappa shape index (κ2) is 2.64. The molecule has 0 radical (unpaired) electrons. The van der Waals surface area contributed by atoms with E-state index in [1.165, 1.54) is 23.5 Å². The fraction of sp³-hybridized carbons (Fsp3) is 0.500. The van der Waals surface area contributed by atoms with Gasteiger partial charge in [-0.1, -0.05) is 30.4 Å². The van der Waals surface area contributed by atoms with E-state index < -0.39 is 0 Å². The fourth-order valence-electron chi connectivity index (χ4n) is 1.36. The van der Waals surface area contributed by atoms with E-state index in [1.54, 1.807) is 0 Å². The van der Waals surface area contributed by atoms with Crippen LogP contribution in [0.3, 0.4) is 0 Å². The van der Waals surface area contributed by atoms with Crippen molar-refractivity contribution in [3.8, 4) is 0 Å². The molecule has 0 aromatic rings. The Kier molecular flexibility index (Phi) is 1.84. The fourth-order valence-corrected chi connectivity index (χ4v) is 4.03. The van der Waals surface area contributed by atoms with Gasteiger partial charge in [-0.2, -0.15) is 0 Å². The topological polar surface area (TPSA) is 34.1 Å². The van der Waals surface area contributed by atoms with Crippen LogP contribution in [0.5, 0.6) is 0 Å². The van der Waals surface area contributed by atoms with E-state index in [0.717, 1.165) is 10.5 Å². The standard InChI is InChI=1S/C8H8O2S2/c1-3-5-6(12-7(3)9)4(2)8(10)11-5/h3,5H,1-2H3/t3-,5-/m0/s1. The highest BCUT2D eigenvalue weighted by molar-refractivity contribution is 8.22. The van der Waals surface area contributed by atoms with Gasteiger partial charge in [0.25, 0.3) is 0 Å². The number of rotatable bonds is 0. The molecular weight excluding hydrogens is 192 g/mol. The molecule has 1 saturated heterocycles. The minimum absolute atomic E-state index is 0.0106. The van der Waals surface area contributed by atoms with Crippen LogP contribution in [0.25, 0.3) is 0 Å². The average Bonchev–Trinajstić information content (AvgIpc) is 2.43. The van der Waals surface area contributed by atoms with E-state index in [9.17, 15) is 9.59 Å². The van der Waals surface area contributed by atoms with Gasteiger partial charge in [-0.3, -0.25) is 9.59 Å². The van der Waals surface area contributed by atoms with Gasteiger partial charge in [-0.15, -0.1) is 0 Å². The second-order valence-electron chi connectivity index (χ2n) is 3.02. The number of carbonyl (C=O) groups excluding carboxylic acids is 2. The van der Waals surface area contributed by atoms with Gasteiger partial charge in [0, 0.05) is 16.4 Å². The maximum Gasteiger partial charge on any atom is 0.216 e. The molecule has 12 heavy (non-hydrogen) atoms. The van der Waals surface area contributed by atoms with E-state index in [4.69, 9.17) is 0 Å². The molecule has 0 aromatic heterocycles. The minimum atomic E-state index is 0.0106. The average molecular weight is 200 g/mol. The molecule has 0 N–H and O–H groups in total. The summed E-state index contributed by atoms with van der Waals surface area (Å²) in [7, 11) is 0. The summed E-state index contributed by atoms with van der Waals surface area (Å²) >= 11 is 2.56. The van der Waals surface area contributed by atoms with E-state index in [1.807, 2.05) is 13.8 Å². The lowest BCUT2D eigenvalue weighted by Gasteiger charge is -2.04. The van der Waals surface area contributed by atoms with Crippen LogP contribution in [0, 0.1) is 5.92 Å². The summed E-state index contributed by atoms with van der Waals surface area (Å²) in [5, 5.41) is 0.478. The van der Waals surface area contributed by atoms with Crippen LogP contribution >= 0.6 is 23.5 Å². The van der Waals surface area contributed by atoms with Crippen LogP contribution in [0.2, 0.25) is 0 Å². The van der Waals surface area contributed by atoms with Gasteiger partial charge in [-0.05, 0) is 6.92 Å². The molecule has 0 bridgehead atoms. The molecular formula is C8H8O2S2. The summed E-state index contributed by atoms with van der Waals surface area (Å²) in [6, 6.07) is 0. The van der Waals surface area contributed by atoms with Crippen LogP contribution in [0.15, 0.2) is 10.5 Å². The van der Waals surface area contributed by atoms with Crippen LogP contribution in [-0.2, 0) is 9.59 Å². The lowest BCUT2D eigenvalue weighted by Crippen LogP contribution is -2.11. The Morgan fingerprint density at radius 3 is 2.58 bits per heavy atom. The van der Waals surface area contributed by atoms with Gasteiger partial charge < -0.3 is 0 Å². The summed E-state index contributed by atoms with van der Waals surface area (Å²) in [5.41, 5.74) is 0.785. The van der Waals surface area contributed by atoms with Crippen molar-refractivity contribution in [2.75, 3.05) is 0 Å². The zero-order valence-electron chi connectivity index (χ0n) is 6.79. The van der Waals surface area contributed by atoms with Crippen molar-refractivity contribution in [1.82, 2.24) is 0 Å². The maximum absolute atomic E-state index is 11.2. The van der Waals surface area contributed by atoms with Crippen LogP contribution < -0.4 is 0 Å². The van der Waals surface area contributed by atoms with Crippen molar-refractivity contribution >= 4 is 33.8 Å². The van der Waals surface area contributed by atoms with Gasteiger partial charge in [-0.25, -0.2) is 0 Å². The second-order valence-corrected chi connectivity index (χ2v) is 5.19. The molecule has 2 nitrogen and oxygen atoms in total. The maximum atomic E-state index is 11.2. The molecule has 0 aromatic carbocycles. The molecule has 0 saturated carbocycles. The first-order chi connectivity index (χ1) is 5.61. The summed E-state index contributed by atoms with van der Waals surface area (Å²) in [4.78, 5) is 23.5. The highest BCUT2D eigenvalue weighted by Crippen LogP contribution is 2.50. The molecule has 2 aliphatic rings. The highest BCUT2D eigenvalue weighted by atomic mass is 32.2. The first kappa shape index (κ1) is 8.38. The Balaban J connectivity index is 2.42. The van der Waals surface area contributed by atoms with Crippen molar-refractivity contribution in [3.05, 3.63) is 10.5 Å². The zero-order valence-corrected chi connectivity index (χ0v) is 8.42. The van der Waals surface area contributed by atoms with Crippen LogP contribution in [-0.4, -0.2) is 15.5 Å². The minimum Gasteiger partial charge on any atom is -0.286 e. The lowest BCUT2D eigenvalue weighted by atomic mass is 10.1. The Morgan fingerprint density at radius 1 is 1.33 bits per heavy atom. The lowest BCUT2D eigenvalue weighted by molar-refractivity contribution is -0.113. The summed E-state index contributed by atoms with van der Waals surface area (Å²) in [6.45, 7) is 3.70.